The summed E-state index contributed by atoms with van der Waals surface area (Å²) in [6.07, 6.45) is 0. The highest BCUT2D eigenvalue weighted by Gasteiger charge is 2.19. The van der Waals surface area contributed by atoms with Crippen LogP contribution in [0, 0.1) is 0 Å². The first kappa shape index (κ1) is 20.9. The molecule has 164 valence electrons. The maximum atomic E-state index is 12.9. The lowest BCUT2D eigenvalue weighted by Crippen LogP contribution is -2.36. The number of benzene rings is 2. The van der Waals surface area contributed by atoms with Crippen LogP contribution in [0.25, 0.3) is 19.5 Å². The second-order valence-corrected chi connectivity index (χ2v) is 9.89. The fourth-order valence-corrected chi connectivity index (χ4v) is 6.38. The monoisotopic (exact) mass is 465 g/mol. The molecule has 0 radical (unpaired) electrons. The van der Waals surface area contributed by atoms with Gasteiger partial charge < -0.3 is 19.9 Å². The van der Waals surface area contributed by atoms with Crippen molar-refractivity contribution in [2.24, 2.45) is 0 Å². The first-order chi connectivity index (χ1) is 15.6. The summed E-state index contributed by atoms with van der Waals surface area (Å²) in [6, 6.07) is 17.9. The summed E-state index contributed by atoms with van der Waals surface area (Å²) in [7, 11) is 1.66. The average Bonchev–Trinajstić information content (AvgIpc) is 3.38. The second-order valence-electron chi connectivity index (χ2n) is 7.76. The molecule has 0 bridgehead atoms. The first-order valence-corrected chi connectivity index (χ1v) is 12.1. The minimum Gasteiger partial charge on any atom is -0.378 e. The number of hydrogen-bond acceptors (Lipinski definition) is 6. The molecule has 1 saturated heterocycles. The van der Waals surface area contributed by atoms with E-state index < -0.39 is 0 Å². The standard InChI is InChI=1S/C24H23N3O3S2/c1-26(24(29)21-14-20-23(32-21)18-4-2-3-5-19(18)31-20)15-22(28)25-16-6-8-17(9-7-16)27-10-12-30-13-11-27/h2-9,14H,10-13,15H2,1H3,(H,25,28). The number of anilines is 2. The molecule has 32 heavy (non-hydrogen) atoms. The third-order valence-electron chi connectivity index (χ3n) is 5.52. The zero-order valence-electron chi connectivity index (χ0n) is 17.7. The van der Waals surface area contributed by atoms with Crippen LogP contribution in [-0.2, 0) is 9.53 Å². The summed E-state index contributed by atoms with van der Waals surface area (Å²) in [5, 5.41) is 4.06. The maximum Gasteiger partial charge on any atom is 0.264 e. The van der Waals surface area contributed by atoms with Gasteiger partial charge in [-0.15, -0.1) is 22.7 Å². The molecule has 8 heteroatoms. The number of amides is 2. The van der Waals surface area contributed by atoms with Crippen LogP contribution in [0.3, 0.4) is 0 Å². The first-order valence-electron chi connectivity index (χ1n) is 10.5. The van der Waals surface area contributed by atoms with Crippen molar-refractivity contribution in [2.75, 3.05) is 50.1 Å². The average molecular weight is 466 g/mol. The number of carbonyl (C=O) groups excluding carboxylic acids is 2. The minimum absolute atomic E-state index is 0.00363. The van der Waals surface area contributed by atoms with Crippen molar-refractivity contribution in [3.8, 4) is 0 Å². The van der Waals surface area contributed by atoms with Gasteiger partial charge >= 0.3 is 0 Å². The van der Waals surface area contributed by atoms with E-state index in [0.717, 1.165) is 47.1 Å². The van der Waals surface area contributed by atoms with Gasteiger partial charge in [0.15, 0.2) is 0 Å². The Hall–Kier alpha value is -2.94. The van der Waals surface area contributed by atoms with E-state index in [0.29, 0.717) is 4.88 Å². The molecule has 5 rings (SSSR count). The number of likely N-dealkylation sites (N-methyl/N-ethyl adjacent to an activating group) is 1. The summed E-state index contributed by atoms with van der Waals surface area (Å²) >= 11 is 3.18. The van der Waals surface area contributed by atoms with E-state index >= 15 is 0 Å². The van der Waals surface area contributed by atoms with E-state index in [9.17, 15) is 9.59 Å². The van der Waals surface area contributed by atoms with Crippen molar-refractivity contribution in [3.63, 3.8) is 0 Å². The molecular weight excluding hydrogens is 442 g/mol. The van der Waals surface area contributed by atoms with Crippen LogP contribution in [0.15, 0.2) is 54.6 Å². The smallest absolute Gasteiger partial charge is 0.264 e. The molecule has 0 saturated carbocycles. The summed E-state index contributed by atoms with van der Waals surface area (Å²) in [4.78, 5) is 29.8. The zero-order valence-corrected chi connectivity index (χ0v) is 19.3. The van der Waals surface area contributed by atoms with E-state index in [4.69, 9.17) is 4.74 Å². The van der Waals surface area contributed by atoms with Crippen molar-refractivity contribution < 1.29 is 14.3 Å². The van der Waals surface area contributed by atoms with E-state index in [1.165, 1.54) is 26.3 Å². The number of thiophene rings is 2. The number of fused-ring (bicyclic) bond motifs is 3. The van der Waals surface area contributed by atoms with Crippen LogP contribution in [0.2, 0.25) is 0 Å². The highest BCUT2D eigenvalue weighted by atomic mass is 32.1. The second kappa shape index (κ2) is 8.90. The van der Waals surface area contributed by atoms with Gasteiger partial charge in [-0.05, 0) is 36.4 Å². The summed E-state index contributed by atoms with van der Waals surface area (Å²) < 4.78 is 8.85. The molecule has 1 aliphatic heterocycles. The van der Waals surface area contributed by atoms with Gasteiger partial charge in [-0.2, -0.15) is 0 Å². The van der Waals surface area contributed by atoms with Crippen molar-refractivity contribution >= 4 is 65.3 Å². The number of hydrogen-bond donors (Lipinski definition) is 1. The summed E-state index contributed by atoms with van der Waals surface area (Å²) in [5.74, 6) is -0.357. The van der Waals surface area contributed by atoms with Crippen LogP contribution >= 0.6 is 22.7 Å². The van der Waals surface area contributed by atoms with Gasteiger partial charge in [0.1, 0.15) is 0 Å². The molecule has 0 spiro atoms. The number of ether oxygens (including phenoxy) is 1. The normalized spacial score (nSPS) is 14.1. The molecule has 0 atom stereocenters. The predicted molar refractivity (Wildman–Crippen MR) is 132 cm³/mol. The van der Waals surface area contributed by atoms with Crippen molar-refractivity contribution in [3.05, 3.63) is 59.5 Å². The Labute approximate surface area is 194 Å². The van der Waals surface area contributed by atoms with Crippen LogP contribution < -0.4 is 10.2 Å². The van der Waals surface area contributed by atoms with Gasteiger partial charge in [0.05, 0.1) is 29.3 Å². The lowest BCUT2D eigenvalue weighted by molar-refractivity contribution is -0.116. The van der Waals surface area contributed by atoms with Crippen molar-refractivity contribution in [1.82, 2.24) is 4.90 Å². The molecule has 4 aromatic rings. The molecule has 0 aliphatic carbocycles. The van der Waals surface area contributed by atoms with Gasteiger partial charge in [0.2, 0.25) is 5.91 Å². The van der Waals surface area contributed by atoms with Crippen LogP contribution in [0.5, 0.6) is 0 Å². The number of nitrogens with one attached hydrogen (secondary N) is 1. The van der Waals surface area contributed by atoms with Crippen LogP contribution in [0.4, 0.5) is 11.4 Å². The Morgan fingerprint density at radius 3 is 2.56 bits per heavy atom. The minimum atomic E-state index is -0.219. The maximum absolute atomic E-state index is 12.9. The molecule has 2 aromatic heterocycles. The van der Waals surface area contributed by atoms with Gasteiger partial charge in [0, 0.05) is 46.3 Å². The van der Waals surface area contributed by atoms with E-state index in [-0.39, 0.29) is 18.4 Å². The lowest BCUT2D eigenvalue weighted by atomic mass is 10.2. The number of rotatable bonds is 5. The Kier molecular flexibility index (Phi) is 5.82. The highest BCUT2D eigenvalue weighted by Crippen LogP contribution is 2.39. The van der Waals surface area contributed by atoms with E-state index in [1.807, 2.05) is 42.5 Å². The molecule has 2 aromatic carbocycles. The Morgan fingerprint density at radius 2 is 1.78 bits per heavy atom. The van der Waals surface area contributed by atoms with Gasteiger partial charge in [-0.25, -0.2) is 0 Å². The van der Waals surface area contributed by atoms with Crippen molar-refractivity contribution in [1.29, 1.82) is 0 Å². The Balaban J connectivity index is 1.21. The Bertz CT molecular complexity index is 1270. The van der Waals surface area contributed by atoms with E-state index in [2.05, 4.69) is 22.3 Å². The third-order valence-corrected chi connectivity index (χ3v) is 7.92. The van der Waals surface area contributed by atoms with Crippen molar-refractivity contribution in [2.45, 2.75) is 0 Å². The largest absolute Gasteiger partial charge is 0.378 e. The van der Waals surface area contributed by atoms with Gasteiger partial charge in [-0.1, -0.05) is 18.2 Å². The van der Waals surface area contributed by atoms with Gasteiger partial charge in [-0.3, -0.25) is 9.59 Å². The zero-order chi connectivity index (χ0) is 22.1. The van der Waals surface area contributed by atoms with Crippen LogP contribution in [0.1, 0.15) is 9.67 Å². The number of carbonyl (C=O) groups is 2. The molecule has 0 unspecified atom stereocenters. The summed E-state index contributed by atoms with van der Waals surface area (Å²) in [5.41, 5.74) is 1.83. The van der Waals surface area contributed by atoms with E-state index in [1.54, 1.807) is 18.4 Å². The van der Waals surface area contributed by atoms with Crippen LogP contribution in [-0.4, -0.2) is 56.6 Å². The number of nitrogens with zero attached hydrogens (tertiary/aromatic N) is 2. The molecule has 1 N–H and O–H groups in total. The molecule has 2 amide bonds. The Morgan fingerprint density at radius 1 is 1.03 bits per heavy atom. The topological polar surface area (TPSA) is 61.9 Å². The molecule has 1 aliphatic rings. The molecule has 3 heterocycles. The third kappa shape index (κ3) is 4.21. The molecule has 1 fully saturated rings. The fourth-order valence-electron chi connectivity index (χ4n) is 3.86. The predicted octanol–water partition coefficient (Wildman–Crippen LogP) is 4.66. The fraction of sp³-hybridized carbons (Fsp3) is 0.250. The lowest BCUT2D eigenvalue weighted by Gasteiger charge is -2.28. The number of morpholine rings is 1. The highest BCUT2D eigenvalue weighted by molar-refractivity contribution is 7.33. The quantitative estimate of drug-likeness (QED) is 0.466. The molecular formula is C24H23N3O3S2. The SMILES string of the molecule is CN(CC(=O)Nc1ccc(N2CCOCC2)cc1)C(=O)c1cc2sc3ccccc3c2s1. The summed E-state index contributed by atoms with van der Waals surface area (Å²) in [6.45, 7) is 3.20. The van der Waals surface area contributed by atoms with Gasteiger partial charge in [0.25, 0.3) is 5.91 Å². The molecule has 6 nitrogen and oxygen atoms in total.